The lowest BCUT2D eigenvalue weighted by atomic mass is 10.0. The van der Waals surface area contributed by atoms with Crippen LogP contribution in [0.15, 0.2) is 35.4 Å². The van der Waals surface area contributed by atoms with Crippen molar-refractivity contribution in [3.63, 3.8) is 0 Å². The van der Waals surface area contributed by atoms with Crippen LogP contribution in [0.3, 0.4) is 0 Å². The SMILES string of the molecule is CCc1cc2c(=O)n(CC(=O)Cc3ccc(C)c(C(F)(F)F)c3)cnc2s1. The zero-order chi connectivity index (χ0) is 19.8. The van der Waals surface area contributed by atoms with Crippen LogP contribution in [0.25, 0.3) is 10.2 Å². The number of thiophene rings is 1. The van der Waals surface area contributed by atoms with Crippen molar-refractivity contribution in [2.45, 2.75) is 39.4 Å². The molecule has 4 nitrogen and oxygen atoms in total. The van der Waals surface area contributed by atoms with Gasteiger partial charge in [0.1, 0.15) is 4.83 Å². The average Bonchev–Trinajstić information content (AvgIpc) is 3.02. The number of nitrogens with zero attached hydrogens (tertiary/aromatic N) is 2. The van der Waals surface area contributed by atoms with Crippen molar-refractivity contribution in [1.29, 1.82) is 0 Å². The molecule has 0 saturated heterocycles. The topological polar surface area (TPSA) is 52.0 Å². The molecule has 0 N–H and O–H groups in total. The Morgan fingerprint density at radius 1 is 1.26 bits per heavy atom. The Hall–Kier alpha value is -2.48. The summed E-state index contributed by atoms with van der Waals surface area (Å²) < 4.78 is 40.2. The van der Waals surface area contributed by atoms with Crippen molar-refractivity contribution in [2.75, 3.05) is 0 Å². The smallest absolute Gasteiger partial charge is 0.297 e. The van der Waals surface area contributed by atoms with E-state index >= 15 is 0 Å². The first kappa shape index (κ1) is 19.3. The number of alkyl halides is 3. The van der Waals surface area contributed by atoms with Crippen LogP contribution >= 0.6 is 11.3 Å². The average molecular weight is 394 g/mol. The number of carbonyl (C=O) groups is 1. The van der Waals surface area contributed by atoms with Gasteiger partial charge in [0.2, 0.25) is 0 Å². The molecule has 2 heterocycles. The number of Topliss-reactive ketones (excluding diaryl/α,β-unsaturated/α-hetero) is 1. The van der Waals surface area contributed by atoms with E-state index in [-0.39, 0.29) is 35.4 Å². The van der Waals surface area contributed by atoms with Gasteiger partial charge in [-0.05, 0) is 36.6 Å². The second-order valence-electron chi connectivity index (χ2n) is 6.33. The van der Waals surface area contributed by atoms with Gasteiger partial charge in [-0.2, -0.15) is 13.2 Å². The third-order valence-corrected chi connectivity index (χ3v) is 5.46. The molecule has 0 radical (unpaired) electrons. The highest BCUT2D eigenvalue weighted by Gasteiger charge is 2.32. The number of hydrogen-bond donors (Lipinski definition) is 0. The number of aryl methyl sites for hydroxylation is 2. The molecule has 0 fully saturated rings. The Bertz CT molecular complexity index is 1070. The summed E-state index contributed by atoms with van der Waals surface area (Å²) >= 11 is 1.43. The molecule has 0 aliphatic heterocycles. The summed E-state index contributed by atoms with van der Waals surface area (Å²) in [5.74, 6) is -0.360. The molecule has 0 atom stereocenters. The number of hydrogen-bond acceptors (Lipinski definition) is 4. The molecule has 142 valence electrons. The standard InChI is InChI=1S/C19H17F3N2O2S/c1-3-14-8-15-17(27-14)23-10-24(18(15)26)9-13(25)6-12-5-4-11(2)16(7-12)19(20,21)22/h4-5,7-8,10H,3,6,9H2,1-2H3. The minimum absolute atomic E-state index is 0.105. The molecule has 8 heteroatoms. The van der Waals surface area contributed by atoms with E-state index in [0.29, 0.717) is 10.2 Å². The van der Waals surface area contributed by atoms with Crippen LogP contribution in [0.4, 0.5) is 13.2 Å². The van der Waals surface area contributed by atoms with E-state index in [2.05, 4.69) is 4.98 Å². The third kappa shape index (κ3) is 4.10. The molecule has 0 unspecified atom stereocenters. The maximum absolute atomic E-state index is 13.0. The van der Waals surface area contributed by atoms with Gasteiger partial charge in [0.15, 0.2) is 5.78 Å². The lowest BCUT2D eigenvalue weighted by molar-refractivity contribution is -0.138. The van der Waals surface area contributed by atoms with E-state index in [9.17, 15) is 22.8 Å². The highest BCUT2D eigenvalue weighted by Crippen LogP contribution is 2.32. The van der Waals surface area contributed by atoms with Crippen molar-refractivity contribution in [3.8, 4) is 0 Å². The molecular formula is C19H17F3N2O2S. The Labute approximate surface area is 157 Å². The van der Waals surface area contributed by atoms with Crippen molar-refractivity contribution in [2.24, 2.45) is 0 Å². The maximum atomic E-state index is 13.0. The largest absolute Gasteiger partial charge is 0.416 e. The second kappa shape index (κ2) is 7.26. The number of halogens is 3. The van der Waals surface area contributed by atoms with E-state index in [4.69, 9.17) is 0 Å². The number of rotatable bonds is 5. The van der Waals surface area contributed by atoms with Crippen LogP contribution in [0.5, 0.6) is 0 Å². The molecule has 0 aliphatic carbocycles. The molecule has 0 amide bonds. The zero-order valence-corrected chi connectivity index (χ0v) is 15.6. The lowest BCUT2D eigenvalue weighted by Crippen LogP contribution is -2.25. The summed E-state index contributed by atoms with van der Waals surface area (Å²) in [6.07, 6.45) is -2.55. The molecule has 1 aromatic carbocycles. The van der Waals surface area contributed by atoms with Gasteiger partial charge in [-0.1, -0.05) is 19.1 Å². The van der Waals surface area contributed by atoms with Gasteiger partial charge in [-0.25, -0.2) is 4.98 Å². The van der Waals surface area contributed by atoms with Crippen LogP contribution < -0.4 is 5.56 Å². The monoisotopic (exact) mass is 394 g/mol. The summed E-state index contributed by atoms with van der Waals surface area (Å²) in [4.78, 5) is 30.7. The van der Waals surface area contributed by atoms with E-state index in [0.717, 1.165) is 17.4 Å². The Kier molecular flexibility index (Phi) is 5.19. The maximum Gasteiger partial charge on any atom is 0.416 e. The van der Waals surface area contributed by atoms with E-state index in [1.54, 1.807) is 6.07 Å². The Morgan fingerprint density at radius 3 is 2.67 bits per heavy atom. The first-order chi connectivity index (χ1) is 12.7. The predicted octanol–water partition coefficient (Wildman–Crippen LogP) is 4.16. The summed E-state index contributed by atoms with van der Waals surface area (Å²) in [6, 6.07) is 5.61. The molecular weight excluding hydrogens is 377 g/mol. The molecule has 0 aliphatic rings. The molecule has 0 bridgehead atoms. The van der Waals surface area contributed by atoms with Gasteiger partial charge < -0.3 is 0 Å². The van der Waals surface area contributed by atoms with Crippen molar-refractivity contribution < 1.29 is 18.0 Å². The van der Waals surface area contributed by atoms with Crippen LogP contribution in [-0.2, 0) is 30.4 Å². The Morgan fingerprint density at radius 2 is 2.00 bits per heavy atom. The Balaban J connectivity index is 1.81. The van der Waals surface area contributed by atoms with E-state index in [1.165, 1.54) is 41.3 Å². The molecule has 0 spiro atoms. The number of fused-ring (bicyclic) bond motifs is 1. The van der Waals surface area contributed by atoms with Crippen LogP contribution in [0.2, 0.25) is 0 Å². The van der Waals surface area contributed by atoms with Gasteiger partial charge in [0.05, 0.1) is 23.8 Å². The van der Waals surface area contributed by atoms with E-state index < -0.39 is 11.7 Å². The van der Waals surface area contributed by atoms with Crippen molar-refractivity contribution in [1.82, 2.24) is 9.55 Å². The number of aromatic nitrogens is 2. The van der Waals surface area contributed by atoms with Crippen molar-refractivity contribution >= 4 is 27.3 Å². The highest BCUT2D eigenvalue weighted by molar-refractivity contribution is 7.18. The van der Waals surface area contributed by atoms with Gasteiger partial charge in [0, 0.05) is 11.3 Å². The molecule has 3 rings (SSSR count). The molecule has 0 saturated carbocycles. The summed E-state index contributed by atoms with van der Waals surface area (Å²) in [5.41, 5.74) is -0.694. The quantitative estimate of drug-likeness (QED) is 0.653. The first-order valence-electron chi connectivity index (χ1n) is 8.35. The minimum Gasteiger partial charge on any atom is -0.297 e. The normalized spacial score (nSPS) is 11.9. The van der Waals surface area contributed by atoms with Crippen molar-refractivity contribution in [3.05, 3.63) is 62.5 Å². The fraction of sp³-hybridized carbons (Fsp3) is 0.316. The number of benzene rings is 1. The van der Waals surface area contributed by atoms with Gasteiger partial charge in [-0.3, -0.25) is 14.2 Å². The van der Waals surface area contributed by atoms with Crippen LogP contribution in [-0.4, -0.2) is 15.3 Å². The van der Waals surface area contributed by atoms with E-state index in [1.807, 2.05) is 6.92 Å². The molecule has 27 heavy (non-hydrogen) atoms. The number of ketones is 1. The zero-order valence-electron chi connectivity index (χ0n) is 14.8. The van der Waals surface area contributed by atoms with Crippen LogP contribution in [0, 0.1) is 6.92 Å². The minimum atomic E-state index is -4.47. The third-order valence-electron chi connectivity index (χ3n) is 4.27. The second-order valence-corrected chi connectivity index (χ2v) is 7.44. The number of carbonyl (C=O) groups excluding carboxylic acids is 1. The summed E-state index contributed by atoms with van der Waals surface area (Å²) in [6.45, 7) is 3.12. The fourth-order valence-corrected chi connectivity index (χ4v) is 3.78. The fourth-order valence-electron chi connectivity index (χ4n) is 2.85. The summed E-state index contributed by atoms with van der Waals surface area (Å²) in [5, 5.41) is 0.460. The first-order valence-corrected chi connectivity index (χ1v) is 9.17. The summed E-state index contributed by atoms with van der Waals surface area (Å²) in [7, 11) is 0. The highest BCUT2D eigenvalue weighted by atomic mass is 32.1. The van der Waals surface area contributed by atoms with Gasteiger partial charge >= 0.3 is 6.18 Å². The van der Waals surface area contributed by atoms with Gasteiger partial charge in [-0.15, -0.1) is 11.3 Å². The predicted molar refractivity (Wildman–Crippen MR) is 98.2 cm³/mol. The lowest BCUT2D eigenvalue weighted by Gasteiger charge is -2.12. The molecule has 2 aromatic heterocycles. The molecule has 3 aromatic rings. The van der Waals surface area contributed by atoms with Crippen LogP contribution in [0.1, 0.15) is 28.5 Å². The van der Waals surface area contributed by atoms with Gasteiger partial charge in [0.25, 0.3) is 5.56 Å².